The van der Waals surface area contributed by atoms with Gasteiger partial charge in [-0.1, -0.05) is 0 Å². The minimum absolute atomic E-state index is 0.229. The molecule has 6 heteroatoms. The Balaban J connectivity index is 1.83. The summed E-state index contributed by atoms with van der Waals surface area (Å²) in [6, 6.07) is 5.58. The highest BCUT2D eigenvalue weighted by atomic mass is 16.3. The molecule has 0 bridgehead atoms. The minimum atomic E-state index is 0.229. The van der Waals surface area contributed by atoms with Gasteiger partial charge in [0.2, 0.25) is 0 Å². The van der Waals surface area contributed by atoms with Crippen LogP contribution < -0.4 is 0 Å². The van der Waals surface area contributed by atoms with Crippen LogP contribution in [0.5, 0.6) is 0 Å². The first-order valence-corrected chi connectivity index (χ1v) is 7.43. The van der Waals surface area contributed by atoms with Gasteiger partial charge in [0.15, 0.2) is 17.2 Å². The molecule has 0 aromatic carbocycles. The molecule has 0 atom stereocenters. The van der Waals surface area contributed by atoms with Gasteiger partial charge < -0.3 is 4.42 Å². The smallest absolute Gasteiger partial charge is 0.199 e. The van der Waals surface area contributed by atoms with Crippen LogP contribution in [0.3, 0.4) is 0 Å². The fraction of sp³-hybridized carbons (Fsp3) is 0.375. The predicted molar refractivity (Wildman–Crippen MR) is 79.4 cm³/mol. The van der Waals surface area contributed by atoms with Crippen LogP contribution in [0.1, 0.15) is 30.1 Å². The molecule has 1 saturated carbocycles. The highest BCUT2D eigenvalue weighted by Crippen LogP contribution is 2.31. The topological polar surface area (TPSA) is 73.3 Å². The molecule has 112 valence electrons. The van der Waals surface area contributed by atoms with E-state index in [1.165, 1.54) is 0 Å². The Morgan fingerprint density at radius 2 is 2.14 bits per heavy atom. The van der Waals surface area contributed by atoms with Crippen LogP contribution in [0, 0.1) is 19.8 Å². The van der Waals surface area contributed by atoms with Gasteiger partial charge in [-0.25, -0.2) is 9.97 Å². The normalized spacial score (nSPS) is 14.6. The number of nitrogens with zero attached hydrogens (tertiary/aromatic N) is 4. The summed E-state index contributed by atoms with van der Waals surface area (Å²) in [6.07, 6.45) is 2.37. The number of rotatable bonds is 4. The summed E-state index contributed by atoms with van der Waals surface area (Å²) >= 11 is 0. The molecule has 3 aromatic heterocycles. The first kappa shape index (κ1) is 13.2. The number of furan rings is 1. The van der Waals surface area contributed by atoms with Crippen molar-refractivity contribution in [3.63, 3.8) is 0 Å². The molecule has 1 fully saturated rings. The Morgan fingerprint density at radius 1 is 1.32 bits per heavy atom. The first-order valence-electron chi connectivity index (χ1n) is 7.43. The molecular weight excluding hydrogens is 280 g/mol. The van der Waals surface area contributed by atoms with Crippen molar-refractivity contribution >= 4 is 11.4 Å². The lowest BCUT2D eigenvalue weighted by molar-refractivity contribution is -0.119. The summed E-state index contributed by atoms with van der Waals surface area (Å²) in [4.78, 5) is 21.0. The molecule has 3 heterocycles. The molecule has 0 spiro atoms. The van der Waals surface area contributed by atoms with Gasteiger partial charge in [0, 0.05) is 18.4 Å². The van der Waals surface area contributed by atoms with E-state index in [1.54, 1.807) is 4.52 Å². The summed E-state index contributed by atoms with van der Waals surface area (Å²) in [7, 11) is 0. The number of hydrogen-bond acceptors (Lipinski definition) is 5. The second-order valence-electron chi connectivity index (χ2n) is 5.83. The van der Waals surface area contributed by atoms with Crippen molar-refractivity contribution in [2.24, 2.45) is 5.92 Å². The number of Topliss-reactive ketones (excluding diaryl/α,β-unsaturated/α-hetero) is 1. The van der Waals surface area contributed by atoms with E-state index in [4.69, 9.17) is 4.42 Å². The average molecular weight is 296 g/mol. The number of ketones is 1. The monoisotopic (exact) mass is 296 g/mol. The number of hydrogen-bond donors (Lipinski definition) is 0. The van der Waals surface area contributed by atoms with Crippen molar-refractivity contribution in [2.45, 2.75) is 33.1 Å². The van der Waals surface area contributed by atoms with E-state index in [2.05, 4.69) is 15.1 Å². The zero-order valence-corrected chi connectivity index (χ0v) is 12.5. The Kier molecular flexibility index (Phi) is 2.85. The lowest BCUT2D eigenvalue weighted by Gasteiger charge is -2.04. The van der Waals surface area contributed by atoms with E-state index < -0.39 is 0 Å². The number of fused-ring (bicyclic) bond motifs is 1. The molecule has 1 aliphatic carbocycles. The molecule has 4 rings (SSSR count). The van der Waals surface area contributed by atoms with E-state index in [-0.39, 0.29) is 11.7 Å². The fourth-order valence-electron chi connectivity index (χ4n) is 2.58. The Bertz CT molecular complexity index is 874. The maximum atomic E-state index is 12.1. The Hall–Kier alpha value is -2.50. The summed E-state index contributed by atoms with van der Waals surface area (Å²) in [6.45, 7) is 3.72. The number of aromatic nitrogens is 4. The summed E-state index contributed by atoms with van der Waals surface area (Å²) in [5.41, 5.74) is 1.41. The zero-order valence-electron chi connectivity index (χ0n) is 12.5. The van der Waals surface area contributed by atoms with Gasteiger partial charge in [0.05, 0.1) is 5.69 Å². The third-order valence-electron chi connectivity index (χ3n) is 3.83. The van der Waals surface area contributed by atoms with Crippen LogP contribution in [-0.2, 0) is 11.2 Å². The van der Waals surface area contributed by atoms with Crippen molar-refractivity contribution in [1.82, 2.24) is 19.6 Å². The summed E-state index contributed by atoms with van der Waals surface area (Å²) in [5.74, 6) is 3.18. The lowest BCUT2D eigenvalue weighted by Crippen LogP contribution is -2.09. The van der Waals surface area contributed by atoms with Crippen LogP contribution in [-0.4, -0.2) is 25.4 Å². The summed E-state index contributed by atoms with van der Waals surface area (Å²) in [5, 5.41) is 4.36. The first-order chi connectivity index (χ1) is 10.6. The third kappa shape index (κ3) is 2.30. The minimum Gasteiger partial charge on any atom is -0.458 e. The largest absolute Gasteiger partial charge is 0.458 e. The van der Waals surface area contributed by atoms with Crippen LogP contribution in [0.4, 0.5) is 0 Å². The van der Waals surface area contributed by atoms with Crippen molar-refractivity contribution in [1.29, 1.82) is 0 Å². The third-order valence-corrected chi connectivity index (χ3v) is 3.83. The van der Waals surface area contributed by atoms with Gasteiger partial charge in [-0.2, -0.15) is 4.52 Å². The highest BCUT2D eigenvalue weighted by Gasteiger charge is 2.29. The second kappa shape index (κ2) is 4.76. The summed E-state index contributed by atoms with van der Waals surface area (Å²) < 4.78 is 7.34. The standard InChI is InChI=1S/C16H16N4O2/c1-9-3-6-14(22-9)16-18-12(7-13(21)11-4-5-11)8-15-17-10(2)19-20(15)16/h3,6,8,11H,4-5,7H2,1-2H3. The fourth-order valence-corrected chi connectivity index (χ4v) is 2.58. The number of carbonyl (C=O) groups excluding carboxylic acids is 1. The molecule has 6 nitrogen and oxygen atoms in total. The highest BCUT2D eigenvalue weighted by molar-refractivity contribution is 5.85. The molecule has 0 unspecified atom stereocenters. The van der Waals surface area contributed by atoms with Crippen LogP contribution in [0.2, 0.25) is 0 Å². The van der Waals surface area contributed by atoms with E-state index in [0.29, 0.717) is 29.5 Å². The maximum absolute atomic E-state index is 12.1. The Morgan fingerprint density at radius 3 is 2.82 bits per heavy atom. The van der Waals surface area contributed by atoms with Crippen LogP contribution in [0.15, 0.2) is 22.6 Å². The van der Waals surface area contributed by atoms with E-state index >= 15 is 0 Å². The van der Waals surface area contributed by atoms with Crippen LogP contribution >= 0.6 is 0 Å². The van der Waals surface area contributed by atoms with E-state index in [9.17, 15) is 4.79 Å². The van der Waals surface area contributed by atoms with Crippen molar-refractivity contribution < 1.29 is 9.21 Å². The zero-order chi connectivity index (χ0) is 15.3. The second-order valence-corrected chi connectivity index (χ2v) is 5.83. The van der Waals surface area contributed by atoms with Gasteiger partial charge in [-0.3, -0.25) is 4.79 Å². The van der Waals surface area contributed by atoms with Crippen molar-refractivity contribution in [3.8, 4) is 11.6 Å². The van der Waals surface area contributed by atoms with E-state index in [1.807, 2.05) is 32.0 Å². The quantitative estimate of drug-likeness (QED) is 0.739. The molecule has 0 saturated heterocycles. The maximum Gasteiger partial charge on any atom is 0.199 e. The average Bonchev–Trinajstić information content (AvgIpc) is 3.13. The predicted octanol–water partition coefficient (Wildman–Crippen LogP) is 2.52. The lowest BCUT2D eigenvalue weighted by atomic mass is 10.1. The molecule has 0 amide bonds. The number of aryl methyl sites for hydroxylation is 2. The van der Waals surface area contributed by atoms with Crippen molar-refractivity contribution in [3.05, 3.63) is 35.5 Å². The van der Waals surface area contributed by atoms with Crippen LogP contribution in [0.25, 0.3) is 17.2 Å². The van der Waals surface area contributed by atoms with Gasteiger partial charge in [0.1, 0.15) is 17.4 Å². The van der Waals surface area contributed by atoms with Crippen molar-refractivity contribution in [2.75, 3.05) is 0 Å². The molecule has 3 aromatic rings. The van der Waals surface area contributed by atoms with Gasteiger partial charge in [0.25, 0.3) is 0 Å². The van der Waals surface area contributed by atoms with Gasteiger partial charge in [-0.15, -0.1) is 5.10 Å². The van der Waals surface area contributed by atoms with Gasteiger partial charge >= 0.3 is 0 Å². The molecule has 0 N–H and O–H groups in total. The SMILES string of the molecule is Cc1nc2cc(CC(=O)C3CC3)nc(-c3ccc(C)o3)n2n1. The molecule has 22 heavy (non-hydrogen) atoms. The van der Waals surface area contributed by atoms with Gasteiger partial charge in [-0.05, 0) is 38.8 Å². The Labute approximate surface area is 127 Å². The molecule has 0 aliphatic heterocycles. The molecule has 0 radical (unpaired) electrons. The number of carbonyl (C=O) groups is 1. The van der Waals surface area contributed by atoms with E-state index in [0.717, 1.165) is 24.3 Å². The molecule has 1 aliphatic rings. The molecular formula is C16H16N4O2.